The third-order valence-electron chi connectivity index (χ3n) is 1.44. The summed E-state index contributed by atoms with van der Waals surface area (Å²) in [6.45, 7) is 1.66. The molecule has 1 N–H and O–H groups in total. The second-order valence-corrected chi connectivity index (χ2v) is 2.61. The first-order valence-corrected chi connectivity index (χ1v) is 4.13. The Morgan fingerprint density at radius 2 is 1.92 bits per heavy atom. The van der Waals surface area contributed by atoms with Crippen LogP contribution in [0.25, 0.3) is 0 Å². The smallest absolute Gasteiger partial charge is 0.548 e. The summed E-state index contributed by atoms with van der Waals surface area (Å²) in [5.41, 5.74) is 0. The Labute approximate surface area is 121 Å². The molecule has 0 aromatic rings. The summed E-state index contributed by atoms with van der Waals surface area (Å²) in [6.07, 6.45) is 3.27. The Kier molecular flexibility index (Phi) is 13.1. The van der Waals surface area contributed by atoms with E-state index < -0.39 is 5.97 Å². The Balaban J connectivity index is 0. The van der Waals surface area contributed by atoms with E-state index in [0.717, 1.165) is 19.3 Å². The largest absolute Gasteiger partial charge is 1.00 e. The molecule has 1 amide bonds. The first kappa shape index (κ1) is 16.0. The fraction of sp³-hybridized carbons (Fsp3) is 0.750. The molecule has 0 aliphatic carbocycles. The molecule has 13 heavy (non-hydrogen) atoms. The van der Waals surface area contributed by atoms with Gasteiger partial charge in [-0.25, -0.2) is 0 Å². The standard InChI is InChI=1S/C8H15NO3.K/c1-2-3-4-5-7(10)9-6-8(11)12;/h2-6H2,1H3,(H,9,10)(H,11,12);/q;+1/p-1. The minimum atomic E-state index is -1.25. The zero-order valence-corrected chi connectivity index (χ0v) is 11.4. The molecule has 0 aromatic heterocycles. The molecule has 70 valence electrons. The van der Waals surface area contributed by atoms with Crippen molar-refractivity contribution in [2.24, 2.45) is 0 Å². The SMILES string of the molecule is CCCCCC(=O)NCC(=O)[O-].[K+]. The summed E-state index contributed by atoms with van der Waals surface area (Å²) in [6, 6.07) is 0. The van der Waals surface area contributed by atoms with Crippen molar-refractivity contribution >= 4 is 11.9 Å². The van der Waals surface area contributed by atoms with Crippen LogP contribution >= 0.6 is 0 Å². The zero-order chi connectivity index (χ0) is 9.40. The Bertz CT molecular complexity index is 161. The van der Waals surface area contributed by atoms with Crippen LogP contribution in [0.3, 0.4) is 0 Å². The Morgan fingerprint density at radius 1 is 1.31 bits per heavy atom. The first-order chi connectivity index (χ1) is 5.66. The Hall–Kier alpha value is 0.576. The number of hydrogen-bond donors (Lipinski definition) is 1. The molecule has 0 aliphatic heterocycles. The summed E-state index contributed by atoms with van der Waals surface area (Å²) < 4.78 is 0. The predicted octanol–water partition coefficient (Wildman–Crippen LogP) is -3.56. The third kappa shape index (κ3) is 12.6. The number of carboxylic acids is 1. The van der Waals surface area contributed by atoms with Crippen molar-refractivity contribution < 1.29 is 66.1 Å². The van der Waals surface area contributed by atoms with Crippen molar-refractivity contribution in [2.75, 3.05) is 6.54 Å². The molecule has 0 radical (unpaired) electrons. The number of rotatable bonds is 6. The Morgan fingerprint density at radius 3 is 2.38 bits per heavy atom. The van der Waals surface area contributed by atoms with Crippen molar-refractivity contribution in [1.82, 2.24) is 5.32 Å². The number of nitrogens with one attached hydrogen (secondary N) is 1. The van der Waals surface area contributed by atoms with Gasteiger partial charge in [-0.2, -0.15) is 0 Å². The van der Waals surface area contributed by atoms with E-state index in [2.05, 4.69) is 5.32 Å². The van der Waals surface area contributed by atoms with Crippen LogP contribution in [0.4, 0.5) is 0 Å². The van der Waals surface area contributed by atoms with Gasteiger partial charge in [-0.1, -0.05) is 19.8 Å². The number of amides is 1. The van der Waals surface area contributed by atoms with Gasteiger partial charge < -0.3 is 15.2 Å². The fourth-order valence-corrected chi connectivity index (χ4v) is 0.795. The topological polar surface area (TPSA) is 69.2 Å². The van der Waals surface area contributed by atoms with Crippen molar-refractivity contribution in [3.8, 4) is 0 Å². The van der Waals surface area contributed by atoms with E-state index in [1.54, 1.807) is 0 Å². The number of carbonyl (C=O) groups excluding carboxylic acids is 2. The average Bonchev–Trinajstić information content (AvgIpc) is 2.01. The van der Waals surface area contributed by atoms with Crippen LogP contribution < -0.4 is 61.8 Å². The second-order valence-electron chi connectivity index (χ2n) is 2.61. The summed E-state index contributed by atoms with van der Waals surface area (Å²) >= 11 is 0. The van der Waals surface area contributed by atoms with E-state index in [1.165, 1.54) is 0 Å². The molecular weight excluding hydrogens is 197 g/mol. The van der Waals surface area contributed by atoms with Gasteiger partial charge in [0.1, 0.15) is 0 Å². The van der Waals surface area contributed by atoms with Gasteiger partial charge in [0.05, 0.1) is 12.5 Å². The maximum atomic E-state index is 10.8. The number of aliphatic carboxylic acids is 1. The average molecular weight is 211 g/mol. The normalized spacial score (nSPS) is 8.69. The van der Waals surface area contributed by atoms with Gasteiger partial charge in [0.15, 0.2) is 0 Å². The minimum absolute atomic E-state index is 0. The van der Waals surface area contributed by atoms with Crippen LogP contribution in [0.2, 0.25) is 0 Å². The molecule has 0 atom stereocenters. The molecule has 5 heteroatoms. The molecule has 0 fully saturated rings. The van der Waals surface area contributed by atoms with Gasteiger partial charge in [0.2, 0.25) is 5.91 Å². The van der Waals surface area contributed by atoms with Crippen molar-refractivity contribution in [1.29, 1.82) is 0 Å². The van der Waals surface area contributed by atoms with Gasteiger partial charge in [-0.3, -0.25) is 4.79 Å². The molecule has 0 bridgehead atoms. The minimum Gasteiger partial charge on any atom is -0.548 e. The summed E-state index contributed by atoms with van der Waals surface area (Å²) in [7, 11) is 0. The quantitative estimate of drug-likeness (QED) is 0.365. The number of carboxylic acid groups (broad SMARTS) is 1. The molecular formula is C8H14KNO3. The van der Waals surface area contributed by atoms with Crippen LogP contribution in [0, 0.1) is 0 Å². The van der Waals surface area contributed by atoms with Crippen molar-refractivity contribution in [3.63, 3.8) is 0 Å². The van der Waals surface area contributed by atoms with Crippen LogP contribution in [-0.2, 0) is 9.59 Å². The van der Waals surface area contributed by atoms with E-state index in [0.29, 0.717) is 6.42 Å². The maximum absolute atomic E-state index is 10.8. The molecule has 0 rings (SSSR count). The van der Waals surface area contributed by atoms with E-state index >= 15 is 0 Å². The second kappa shape index (κ2) is 10.7. The molecule has 0 unspecified atom stereocenters. The summed E-state index contributed by atoms with van der Waals surface area (Å²) in [5.74, 6) is -1.47. The van der Waals surface area contributed by atoms with E-state index in [-0.39, 0.29) is 63.8 Å². The maximum Gasteiger partial charge on any atom is 1.00 e. The van der Waals surface area contributed by atoms with Gasteiger partial charge in [-0.05, 0) is 6.42 Å². The van der Waals surface area contributed by atoms with Gasteiger partial charge in [0, 0.05) is 6.42 Å². The molecule has 4 nitrogen and oxygen atoms in total. The van der Waals surface area contributed by atoms with E-state index in [4.69, 9.17) is 0 Å². The summed E-state index contributed by atoms with van der Waals surface area (Å²) in [5, 5.41) is 12.1. The van der Waals surface area contributed by atoms with Crippen molar-refractivity contribution in [3.05, 3.63) is 0 Å². The molecule has 0 aromatic carbocycles. The number of carbonyl (C=O) groups is 2. The molecule has 0 saturated heterocycles. The van der Waals surface area contributed by atoms with Crippen LogP contribution in [0.1, 0.15) is 32.6 Å². The van der Waals surface area contributed by atoms with Crippen LogP contribution in [-0.4, -0.2) is 18.4 Å². The van der Waals surface area contributed by atoms with E-state index in [1.807, 2.05) is 6.92 Å². The molecule has 0 spiro atoms. The fourth-order valence-electron chi connectivity index (χ4n) is 0.795. The zero-order valence-electron chi connectivity index (χ0n) is 8.26. The third-order valence-corrected chi connectivity index (χ3v) is 1.44. The first-order valence-electron chi connectivity index (χ1n) is 4.13. The molecule has 0 heterocycles. The predicted molar refractivity (Wildman–Crippen MR) is 42.2 cm³/mol. The van der Waals surface area contributed by atoms with Crippen LogP contribution in [0.15, 0.2) is 0 Å². The number of hydrogen-bond acceptors (Lipinski definition) is 3. The number of unbranched alkanes of at least 4 members (excludes halogenated alkanes) is 2. The van der Waals surface area contributed by atoms with Gasteiger partial charge >= 0.3 is 51.4 Å². The van der Waals surface area contributed by atoms with Gasteiger partial charge in [0.25, 0.3) is 0 Å². The van der Waals surface area contributed by atoms with Gasteiger partial charge in [-0.15, -0.1) is 0 Å². The van der Waals surface area contributed by atoms with E-state index in [9.17, 15) is 14.7 Å². The van der Waals surface area contributed by atoms with Crippen LogP contribution in [0.5, 0.6) is 0 Å². The van der Waals surface area contributed by atoms with Crippen molar-refractivity contribution in [2.45, 2.75) is 32.6 Å². The molecule has 0 saturated carbocycles. The molecule has 0 aliphatic rings. The monoisotopic (exact) mass is 211 g/mol. The summed E-state index contributed by atoms with van der Waals surface area (Å²) in [4.78, 5) is 20.7.